The Hall–Kier alpha value is -2.92. The fourth-order valence-corrected chi connectivity index (χ4v) is 2.93. The summed E-state index contributed by atoms with van der Waals surface area (Å²) in [6.45, 7) is 0.144. The van der Waals surface area contributed by atoms with E-state index in [1.807, 2.05) is 10.0 Å². The van der Waals surface area contributed by atoms with Crippen LogP contribution in [-0.2, 0) is 24.3 Å². The molecule has 0 bridgehead atoms. The summed E-state index contributed by atoms with van der Waals surface area (Å²) >= 11 is 0. The number of rotatable bonds is 7. The molecule has 2 aromatic carbocycles. The van der Waals surface area contributed by atoms with Crippen molar-refractivity contribution in [2.45, 2.75) is 11.8 Å². The number of hydrogen-bond acceptors (Lipinski definition) is 5. The van der Waals surface area contributed by atoms with Crippen molar-refractivity contribution in [3.05, 3.63) is 59.4 Å². The number of carbonyl (C=O) groups excluding carboxylic acids is 2. The molecule has 28 heavy (non-hydrogen) atoms. The lowest BCUT2D eigenvalue weighted by atomic mass is 10.2. The first-order chi connectivity index (χ1) is 13.1. The molecule has 0 aliphatic carbocycles. The molecular weight excluding hydrogens is 401 g/mol. The normalized spacial score (nSPS) is 11.1. The summed E-state index contributed by atoms with van der Waals surface area (Å²) in [5.74, 6) is -6.90. The van der Waals surface area contributed by atoms with Gasteiger partial charge in [-0.15, -0.1) is 0 Å². The standard InChI is InChI=1S/C17H15F3N2O5S/c1-10-2-4-11(5-3-10)28(25,26)21-8-15(24)27-9-14(23)22-13-7-6-12(18)16(19)17(13)20/h2-7,21H,8-9H2,1H3,(H,22,23). The van der Waals surface area contributed by atoms with Crippen LogP contribution in [0, 0.1) is 24.4 Å². The van der Waals surface area contributed by atoms with Gasteiger partial charge < -0.3 is 10.1 Å². The largest absolute Gasteiger partial charge is 0.455 e. The monoisotopic (exact) mass is 416 g/mol. The summed E-state index contributed by atoms with van der Waals surface area (Å²) in [6.07, 6.45) is 0. The minimum absolute atomic E-state index is 0.0579. The maximum Gasteiger partial charge on any atom is 0.321 e. The van der Waals surface area contributed by atoms with Crippen LogP contribution in [-0.4, -0.2) is 33.4 Å². The van der Waals surface area contributed by atoms with Gasteiger partial charge in [-0.25, -0.2) is 21.6 Å². The topological polar surface area (TPSA) is 102 Å². The molecule has 0 aliphatic heterocycles. The SMILES string of the molecule is Cc1ccc(S(=O)(=O)NCC(=O)OCC(=O)Nc2ccc(F)c(F)c2F)cc1. The molecule has 2 rings (SSSR count). The van der Waals surface area contributed by atoms with E-state index in [-0.39, 0.29) is 4.90 Å². The average molecular weight is 416 g/mol. The quantitative estimate of drug-likeness (QED) is 0.530. The number of aryl methyl sites for hydroxylation is 1. The van der Waals surface area contributed by atoms with Crippen LogP contribution in [0.15, 0.2) is 41.3 Å². The molecule has 2 aromatic rings. The molecule has 0 atom stereocenters. The molecular formula is C17H15F3N2O5S. The lowest BCUT2D eigenvalue weighted by Gasteiger charge is -2.09. The van der Waals surface area contributed by atoms with E-state index < -0.39 is 58.2 Å². The first-order valence-corrected chi connectivity index (χ1v) is 9.24. The highest BCUT2D eigenvalue weighted by Gasteiger charge is 2.18. The third kappa shape index (κ3) is 5.54. The molecule has 0 spiro atoms. The predicted octanol–water partition coefficient (Wildman–Crippen LogP) is 1.87. The Morgan fingerprint density at radius 1 is 1.00 bits per heavy atom. The van der Waals surface area contributed by atoms with Crippen LogP contribution in [0.4, 0.5) is 18.9 Å². The number of nitrogens with one attached hydrogen (secondary N) is 2. The lowest BCUT2D eigenvalue weighted by Crippen LogP contribution is -2.32. The van der Waals surface area contributed by atoms with Gasteiger partial charge in [-0.2, -0.15) is 4.72 Å². The number of sulfonamides is 1. The predicted molar refractivity (Wildman–Crippen MR) is 92.3 cm³/mol. The summed E-state index contributed by atoms with van der Waals surface area (Å²) in [7, 11) is -3.95. The van der Waals surface area contributed by atoms with Gasteiger partial charge in [-0.1, -0.05) is 17.7 Å². The van der Waals surface area contributed by atoms with Crippen molar-refractivity contribution >= 4 is 27.6 Å². The highest BCUT2D eigenvalue weighted by atomic mass is 32.2. The number of amides is 1. The molecule has 0 radical (unpaired) electrons. The van der Waals surface area contributed by atoms with E-state index in [4.69, 9.17) is 0 Å². The number of carbonyl (C=O) groups is 2. The van der Waals surface area contributed by atoms with Gasteiger partial charge in [0.1, 0.15) is 6.54 Å². The Kier molecular flexibility index (Phi) is 6.75. The highest BCUT2D eigenvalue weighted by molar-refractivity contribution is 7.89. The van der Waals surface area contributed by atoms with Crippen molar-refractivity contribution in [3.8, 4) is 0 Å². The molecule has 0 aromatic heterocycles. The Balaban J connectivity index is 1.84. The van der Waals surface area contributed by atoms with E-state index in [0.29, 0.717) is 6.07 Å². The van der Waals surface area contributed by atoms with Gasteiger partial charge in [0, 0.05) is 0 Å². The van der Waals surface area contributed by atoms with Crippen LogP contribution in [0.3, 0.4) is 0 Å². The van der Waals surface area contributed by atoms with Crippen LogP contribution < -0.4 is 10.0 Å². The number of hydrogen-bond donors (Lipinski definition) is 2. The van der Waals surface area contributed by atoms with Crippen LogP contribution >= 0.6 is 0 Å². The minimum Gasteiger partial charge on any atom is -0.455 e. The third-order valence-corrected chi connectivity index (χ3v) is 4.83. The van der Waals surface area contributed by atoms with Crippen LogP contribution in [0.25, 0.3) is 0 Å². The van der Waals surface area contributed by atoms with E-state index in [9.17, 15) is 31.2 Å². The molecule has 2 N–H and O–H groups in total. The molecule has 11 heteroatoms. The van der Waals surface area contributed by atoms with Crippen LogP contribution in [0.5, 0.6) is 0 Å². The van der Waals surface area contributed by atoms with Crippen molar-refractivity contribution in [3.63, 3.8) is 0 Å². The Labute approximate surface area is 158 Å². The maximum absolute atomic E-state index is 13.4. The van der Waals surface area contributed by atoms with Gasteiger partial charge in [0.25, 0.3) is 5.91 Å². The van der Waals surface area contributed by atoms with Gasteiger partial charge in [0.05, 0.1) is 10.6 Å². The molecule has 0 saturated heterocycles. The number of anilines is 1. The molecule has 0 unspecified atom stereocenters. The second-order valence-electron chi connectivity index (χ2n) is 5.57. The first kappa shape index (κ1) is 21.4. The molecule has 7 nitrogen and oxygen atoms in total. The van der Waals surface area contributed by atoms with Crippen molar-refractivity contribution in [2.75, 3.05) is 18.5 Å². The summed E-state index contributed by atoms with van der Waals surface area (Å²) in [5.41, 5.74) is 0.210. The van der Waals surface area contributed by atoms with E-state index in [1.165, 1.54) is 12.1 Å². The summed E-state index contributed by atoms with van der Waals surface area (Å²) < 4.78 is 69.9. The molecule has 1 amide bonds. The summed E-state index contributed by atoms with van der Waals surface area (Å²) in [5, 5.41) is 1.90. The van der Waals surface area contributed by atoms with Crippen molar-refractivity contribution in [1.82, 2.24) is 4.72 Å². The van der Waals surface area contributed by atoms with Gasteiger partial charge in [0.15, 0.2) is 24.1 Å². The average Bonchev–Trinajstić information content (AvgIpc) is 2.65. The number of benzene rings is 2. The van der Waals surface area contributed by atoms with E-state index in [2.05, 4.69) is 4.74 Å². The van der Waals surface area contributed by atoms with Crippen LogP contribution in [0.2, 0.25) is 0 Å². The fourth-order valence-electron chi connectivity index (χ4n) is 1.96. The second-order valence-corrected chi connectivity index (χ2v) is 7.34. The lowest BCUT2D eigenvalue weighted by molar-refractivity contribution is -0.146. The Bertz CT molecular complexity index is 995. The van der Waals surface area contributed by atoms with Gasteiger partial charge in [0.2, 0.25) is 10.0 Å². The van der Waals surface area contributed by atoms with Gasteiger partial charge in [-0.3, -0.25) is 9.59 Å². The third-order valence-electron chi connectivity index (χ3n) is 3.41. The molecule has 0 aliphatic rings. The zero-order chi connectivity index (χ0) is 20.9. The molecule has 150 valence electrons. The summed E-state index contributed by atoms with van der Waals surface area (Å²) in [6, 6.07) is 7.27. The maximum atomic E-state index is 13.4. The highest BCUT2D eigenvalue weighted by Crippen LogP contribution is 2.19. The second kappa shape index (κ2) is 8.85. The molecule has 0 fully saturated rings. The Morgan fingerprint density at radius 2 is 1.64 bits per heavy atom. The van der Waals surface area contributed by atoms with Crippen molar-refractivity contribution in [1.29, 1.82) is 0 Å². The number of esters is 1. The smallest absolute Gasteiger partial charge is 0.321 e. The number of ether oxygens (including phenoxy) is 1. The van der Waals surface area contributed by atoms with Crippen LogP contribution in [0.1, 0.15) is 5.56 Å². The zero-order valence-corrected chi connectivity index (χ0v) is 15.3. The fraction of sp³-hybridized carbons (Fsp3) is 0.176. The van der Waals surface area contributed by atoms with Gasteiger partial charge in [-0.05, 0) is 31.2 Å². The van der Waals surface area contributed by atoms with E-state index in [1.54, 1.807) is 19.1 Å². The Morgan fingerprint density at radius 3 is 2.29 bits per heavy atom. The minimum atomic E-state index is -3.95. The van der Waals surface area contributed by atoms with Crippen molar-refractivity contribution in [2.24, 2.45) is 0 Å². The summed E-state index contributed by atoms with van der Waals surface area (Å²) in [4.78, 5) is 23.1. The molecule has 0 saturated carbocycles. The van der Waals surface area contributed by atoms with E-state index >= 15 is 0 Å². The molecule has 0 heterocycles. The zero-order valence-electron chi connectivity index (χ0n) is 14.5. The van der Waals surface area contributed by atoms with Crippen molar-refractivity contribution < 1.29 is 35.9 Å². The first-order valence-electron chi connectivity index (χ1n) is 7.75. The van der Waals surface area contributed by atoms with Gasteiger partial charge >= 0.3 is 5.97 Å². The van der Waals surface area contributed by atoms with E-state index in [0.717, 1.165) is 11.6 Å². The number of halogens is 3.